The highest BCUT2D eigenvalue weighted by Crippen LogP contribution is 2.45. The van der Waals surface area contributed by atoms with Crippen molar-refractivity contribution in [2.45, 2.75) is 44.8 Å². The highest BCUT2D eigenvalue weighted by Gasteiger charge is 2.53. The molecule has 1 saturated heterocycles. The van der Waals surface area contributed by atoms with Crippen LogP contribution in [-0.4, -0.2) is 28.6 Å². The second-order valence-corrected chi connectivity index (χ2v) is 5.90. The molecule has 1 amide bonds. The first-order valence-electron chi connectivity index (χ1n) is 7.24. The van der Waals surface area contributed by atoms with Crippen LogP contribution in [0.1, 0.15) is 37.7 Å². The average Bonchev–Trinajstić information content (AvgIpc) is 2.67. The number of carbonyl (C=O) groups excluding carboxylic acids is 1. The summed E-state index contributed by atoms with van der Waals surface area (Å²) >= 11 is 0. The Balaban J connectivity index is 1.77. The third kappa shape index (κ3) is 2.16. The predicted molar refractivity (Wildman–Crippen MR) is 73.4 cm³/mol. The van der Waals surface area contributed by atoms with Gasteiger partial charge in [0.2, 0.25) is 5.91 Å². The maximum atomic E-state index is 12.7. The Morgan fingerprint density at radius 2 is 1.84 bits per heavy atom. The Hall–Kier alpha value is -1.35. The number of benzene rings is 1. The lowest BCUT2D eigenvalue weighted by Gasteiger charge is -2.33. The lowest BCUT2D eigenvalue weighted by atomic mass is 9.71. The maximum Gasteiger partial charge on any atom is 0.231 e. The van der Waals surface area contributed by atoms with Crippen molar-refractivity contribution in [3.8, 4) is 0 Å². The van der Waals surface area contributed by atoms with Crippen molar-refractivity contribution >= 4 is 5.91 Å². The zero-order valence-corrected chi connectivity index (χ0v) is 11.2. The fourth-order valence-corrected chi connectivity index (χ4v) is 3.59. The summed E-state index contributed by atoms with van der Waals surface area (Å²) < 4.78 is 0. The molecule has 0 unspecified atom stereocenters. The molecule has 2 fully saturated rings. The minimum absolute atomic E-state index is 0.170. The van der Waals surface area contributed by atoms with Crippen LogP contribution in [0.3, 0.4) is 0 Å². The molecular weight excluding hydrogens is 238 g/mol. The van der Waals surface area contributed by atoms with E-state index in [0.717, 1.165) is 31.2 Å². The van der Waals surface area contributed by atoms with Crippen molar-refractivity contribution in [2.24, 2.45) is 5.41 Å². The number of carbonyl (C=O) groups is 1. The summed E-state index contributed by atoms with van der Waals surface area (Å²) in [6.07, 6.45) is 4.57. The molecule has 1 aromatic rings. The first-order chi connectivity index (χ1) is 9.22. The van der Waals surface area contributed by atoms with Crippen molar-refractivity contribution in [1.29, 1.82) is 0 Å². The van der Waals surface area contributed by atoms with E-state index in [9.17, 15) is 9.90 Å². The molecule has 1 saturated carbocycles. The molecule has 0 bridgehead atoms. The highest BCUT2D eigenvalue weighted by atomic mass is 16.3. The Morgan fingerprint density at radius 3 is 2.53 bits per heavy atom. The smallest absolute Gasteiger partial charge is 0.231 e. The monoisotopic (exact) mass is 259 g/mol. The molecule has 102 valence electrons. The summed E-state index contributed by atoms with van der Waals surface area (Å²) in [5, 5.41) is 10.4. The topological polar surface area (TPSA) is 40.5 Å². The van der Waals surface area contributed by atoms with Crippen LogP contribution >= 0.6 is 0 Å². The van der Waals surface area contributed by atoms with Crippen LogP contribution in [-0.2, 0) is 11.3 Å². The number of hydrogen-bond donors (Lipinski definition) is 1. The van der Waals surface area contributed by atoms with Gasteiger partial charge in [0.05, 0.1) is 11.5 Å². The van der Waals surface area contributed by atoms with E-state index >= 15 is 0 Å². The van der Waals surface area contributed by atoms with Crippen LogP contribution in [0.15, 0.2) is 30.3 Å². The zero-order valence-electron chi connectivity index (χ0n) is 11.2. The van der Waals surface area contributed by atoms with Crippen molar-refractivity contribution in [2.75, 3.05) is 6.54 Å². The fourth-order valence-electron chi connectivity index (χ4n) is 3.59. The van der Waals surface area contributed by atoms with Gasteiger partial charge in [-0.05, 0) is 18.4 Å². The number of likely N-dealkylation sites (tertiary alicyclic amines) is 1. The number of β-amino-alcohol motifs (C(OH)–C–C–N with tert-alkyl or cyclic N) is 1. The van der Waals surface area contributed by atoms with Gasteiger partial charge < -0.3 is 10.0 Å². The molecule has 0 radical (unpaired) electrons. The molecule has 2 aliphatic rings. The summed E-state index contributed by atoms with van der Waals surface area (Å²) in [6, 6.07) is 10.0. The number of hydrogen-bond acceptors (Lipinski definition) is 2. The minimum Gasteiger partial charge on any atom is -0.390 e. The summed E-state index contributed by atoms with van der Waals surface area (Å²) in [5.74, 6) is 0.170. The number of aliphatic hydroxyl groups excluding tert-OH is 1. The van der Waals surface area contributed by atoms with Gasteiger partial charge in [0, 0.05) is 13.1 Å². The van der Waals surface area contributed by atoms with E-state index in [1.807, 2.05) is 35.2 Å². The second kappa shape index (κ2) is 4.97. The summed E-state index contributed by atoms with van der Waals surface area (Å²) in [7, 11) is 0. The summed E-state index contributed by atoms with van der Waals surface area (Å²) in [4.78, 5) is 14.5. The Morgan fingerprint density at radius 1 is 1.16 bits per heavy atom. The predicted octanol–water partition coefficient (Wildman–Crippen LogP) is 2.34. The SMILES string of the molecule is O=C1N(Cc2ccccc2)C[C@H](O)C12CCCCC2. The normalized spacial score (nSPS) is 26.1. The van der Waals surface area contributed by atoms with E-state index in [-0.39, 0.29) is 5.91 Å². The number of rotatable bonds is 2. The van der Waals surface area contributed by atoms with Gasteiger partial charge in [-0.1, -0.05) is 49.6 Å². The molecule has 1 N–H and O–H groups in total. The molecule has 1 aliphatic carbocycles. The number of aliphatic hydroxyl groups is 1. The van der Waals surface area contributed by atoms with Crippen LogP contribution < -0.4 is 0 Å². The molecule has 0 aromatic heterocycles. The fraction of sp³-hybridized carbons (Fsp3) is 0.562. The van der Waals surface area contributed by atoms with Crippen molar-refractivity contribution in [3.05, 3.63) is 35.9 Å². The van der Waals surface area contributed by atoms with Crippen molar-refractivity contribution in [1.82, 2.24) is 4.90 Å². The molecular formula is C16H21NO2. The molecule has 1 aliphatic heterocycles. The van der Waals surface area contributed by atoms with Gasteiger partial charge in [-0.2, -0.15) is 0 Å². The quantitative estimate of drug-likeness (QED) is 0.885. The van der Waals surface area contributed by atoms with Gasteiger partial charge >= 0.3 is 0 Å². The first-order valence-corrected chi connectivity index (χ1v) is 7.24. The number of amides is 1. The molecule has 19 heavy (non-hydrogen) atoms. The van der Waals surface area contributed by atoms with Gasteiger partial charge in [-0.3, -0.25) is 4.79 Å². The molecule has 3 rings (SSSR count). The van der Waals surface area contributed by atoms with Gasteiger partial charge in [-0.25, -0.2) is 0 Å². The molecule has 1 spiro atoms. The van der Waals surface area contributed by atoms with Crippen molar-refractivity contribution in [3.63, 3.8) is 0 Å². The van der Waals surface area contributed by atoms with Crippen LogP contribution in [0.25, 0.3) is 0 Å². The molecule has 3 heteroatoms. The Bertz CT molecular complexity index is 451. The zero-order chi connectivity index (χ0) is 13.3. The van der Waals surface area contributed by atoms with Gasteiger partial charge in [0.25, 0.3) is 0 Å². The van der Waals surface area contributed by atoms with Gasteiger partial charge in [0.15, 0.2) is 0 Å². The van der Waals surface area contributed by atoms with Gasteiger partial charge in [0.1, 0.15) is 0 Å². The van der Waals surface area contributed by atoms with Crippen LogP contribution in [0.4, 0.5) is 0 Å². The van der Waals surface area contributed by atoms with Crippen LogP contribution in [0.5, 0.6) is 0 Å². The largest absolute Gasteiger partial charge is 0.390 e. The minimum atomic E-state index is -0.482. The standard InChI is InChI=1S/C16H21NO2/c18-14-12-17(11-13-7-3-1-4-8-13)15(19)16(14)9-5-2-6-10-16/h1,3-4,7-8,14,18H,2,5-6,9-12H2/t14-/m0/s1. The molecule has 1 aromatic carbocycles. The Labute approximate surface area is 114 Å². The lowest BCUT2D eigenvalue weighted by Crippen LogP contribution is -2.40. The van der Waals surface area contributed by atoms with E-state index in [1.54, 1.807) is 0 Å². The summed E-state index contributed by atoms with van der Waals surface area (Å²) in [5.41, 5.74) is 0.670. The van der Waals surface area contributed by atoms with E-state index in [2.05, 4.69) is 0 Å². The van der Waals surface area contributed by atoms with E-state index < -0.39 is 11.5 Å². The lowest BCUT2D eigenvalue weighted by molar-refractivity contribution is -0.140. The van der Waals surface area contributed by atoms with E-state index in [1.165, 1.54) is 6.42 Å². The third-order valence-corrected chi connectivity index (χ3v) is 4.71. The van der Waals surface area contributed by atoms with Crippen LogP contribution in [0.2, 0.25) is 0 Å². The first kappa shape index (κ1) is 12.7. The van der Waals surface area contributed by atoms with Crippen molar-refractivity contribution < 1.29 is 9.90 Å². The summed E-state index contributed by atoms with van der Waals surface area (Å²) in [6.45, 7) is 1.12. The third-order valence-electron chi connectivity index (χ3n) is 4.71. The number of nitrogens with zero attached hydrogens (tertiary/aromatic N) is 1. The molecule has 3 nitrogen and oxygen atoms in total. The van der Waals surface area contributed by atoms with E-state index in [4.69, 9.17) is 0 Å². The van der Waals surface area contributed by atoms with E-state index in [0.29, 0.717) is 13.1 Å². The average molecular weight is 259 g/mol. The highest BCUT2D eigenvalue weighted by molar-refractivity contribution is 5.86. The molecule has 1 atom stereocenters. The van der Waals surface area contributed by atoms with Gasteiger partial charge in [-0.15, -0.1) is 0 Å². The maximum absolute atomic E-state index is 12.7. The van der Waals surface area contributed by atoms with Crippen LogP contribution in [0, 0.1) is 5.41 Å². The Kier molecular flexibility index (Phi) is 3.31. The second-order valence-electron chi connectivity index (χ2n) is 5.90. The molecule has 1 heterocycles.